The van der Waals surface area contributed by atoms with E-state index in [2.05, 4.69) is 18.1 Å². The topological polar surface area (TPSA) is 62.1 Å². The number of hydrazone groups is 1. The molecule has 0 saturated carbocycles. The number of nitrogens with zero attached hydrogens (tertiary/aromatic N) is 2. The lowest BCUT2D eigenvalue weighted by Gasteiger charge is -2.28. The van der Waals surface area contributed by atoms with E-state index in [-0.39, 0.29) is 36.2 Å². The maximum absolute atomic E-state index is 15.0. The first kappa shape index (κ1) is 24.8. The lowest BCUT2D eigenvalue weighted by molar-refractivity contribution is -0.118. The smallest absolute Gasteiger partial charge is 0.247 e. The van der Waals surface area contributed by atoms with Crippen LogP contribution in [-0.4, -0.2) is 43.9 Å². The molecule has 1 amide bonds. The van der Waals surface area contributed by atoms with E-state index >= 15 is 4.11 Å². The predicted molar refractivity (Wildman–Crippen MR) is 136 cm³/mol. The van der Waals surface area contributed by atoms with Gasteiger partial charge in [0.05, 0.1) is 23.6 Å². The van der Waals surface area contributed by atoms with Crippen molar-refractivity contribution in [3.05, 3.63) is 65.7 Å². The molecule has 0 radical (unpaired) electrons. The van der Waals surface area contributed by atoms with Crippen molar-refractivity contribution >= 4 is 25.7 Å². The number of rotatable bonds is 8. The van der Waals surface area contributed by atoms with Gasteiger partial charge in [-0.15, -0.1) is 0 Å². The van der Waals surface area contributed by atoms with Crippen LogP contribution in [0.2, 0.25) is 18.6 Å². The summed E-state index contributed by atoms with van der Waals surface area (Å²) >= 11 is 0. The zero-order valence-electron chi connectivity index (χ0n) is 20.3. The van der Waals surface area contributed by atoms with E-state index in [9.17, 15) is 9.90 Å². The molecule has 0 bridgehead atoms. The fourth-order valence-electron chi connectivity index (χ4n) is 5.52. The molecule has 2 aromatic rings. The van der Waals surface area contributed by atoms with Gasteiger partial charge in [-0.1, -0.05) is 49.4 Å². The third kappa shape index (κ3) is 5.48. The molecule has 0 spiro atoms. The summed E-state index contributed by atoms with van der Waals surface area (Å²) in [5, 5.41) is 15.6. The number of carbonyl (C=O) groups excluding carboxylic acids is 1. The molecule has 0 aliphatic carbocycles. The summed E-state index contributed by atoms with van der Waals surface area (Å²) in [6.07, 6.45) is 2.86. The zero-order chi connectivity index (χ0) is 24.3. The number of ether oxygens (including phenoxy) is 1. The summed E-state index contributed by atoms with van der Waals surface area (Å²) in [5.41, 5.74) is 3.71. The number of halogens is 1. The maximum Gasteiger partial charge on any atom is 0.247 e. The summed E-state index contributed by atoms with van der Waals surface area (Å²) in [4.78, 5) is 12.7. The van der Waals surface area contributed by atoms with Gasteiger partial charge in [0.25, 0.3) is 0 Å². The summed E-state index contributed by atoms with van der Waals surface area (Å²) in [7, 11) is -2.91. The number of amides is 1. The van der Waals surface area contributed by atoms with Crippen LogP contribution in [0.5, 0.6) is 0 Å². The molecule has 0 aromatic heterocycles. The Balaban J connectivity index is 1.47. The van der Waals surface area contributed by atoms with Crippen molar-refractivity contribution in [2.45, 2.75) is 69.9 Å². The van der Waals surface area contributed by atoms with Crippen molar-refractivity contribution < 1.29 is 18.7 Å². The molecule has 1 saturated heterocycles. The van der Waals surface area contributed by atoms with Crippen LogP contribution < -0.4 is 5.01 Å². The highest BCUT2D eigenvalue weighted by molar-refractivity contribution is 6.72. The van der Waals surface area contributed by atoms with Gasteiger partial charge in [0.1, 0.15) is 0 Å². The second-order valence-electron chi connectivity index (χ2n) is 10.0. The number of aliphatic hydroxyl groups excluding tert-OH is 1. The molecule has 7 heteroatoms. The molecular weight excluding hydrogens is 447 g/mol. The molecule has 2 aromatic carbocycles. The predicted octanol–water partition coefficient (Wildman–Crippen LogP) is 5.48. The van der Waals surface area contributed by atoms with Crippen LogP contribution in [0.15, 0.2) is 59.7 Å². The SMILES string of the molecule is C[C@H]1[C@H]([Si](C)(C)F)[C@@H](CCO)O[C@H]1CCc1cccc(N2N=C(c3ccccc3)CCC2=O)c1. The van der Waals surface area contributed by atoms with E-state index in [0.29, 0.717) is 19.3 Å². The van der Waals surface area contributed by atoms with E-state index < -0.39 is 8.41 Å². The number of anilines is 1. The highest BCUT2D eigenvalue weighted by Crippen LogP contribution is 2.46. The van der Waals surface area contributed by atoms with E-state index in [1.165, 1.54) is 5.01 Å². The van der Waals surface area contributed by atoms with Crippen LogP contribution in [-0.2, 0) is 16.0 Å². The molecule has 1 N–H and O–H groups in total. The third-order valence-electron chi connectivity index (χ3n) is 7.12. The molecule has 5 nitrogen and oxygen atoms in total. The van der Waals surface area contributed by atoms with Crippen molar-refractivity contribution in [3.63, 3.8) is 0 Å². The molecule has 182 valence electrons. The van der Waals surface area contributed by atoms with E-state index in [0.717, 1.165) is 35.4 Å². The Morgan fingerprint density at radius 2 is 1.85 bits per heavy atom. The number of carbonyl (C=O) groups is 1. The van der Waals surface area contributed by atoms with Crippen LogP contribution in [0.3, 0.4) is 0 Å². The summed E-state index contributed by atoms with van der Waals surface area (Å²) < 4.78 is 21.3. The first-order valence-corrected chi connectivity index (χ1v) is 15.2. The van der Waals surface area contributed by atoms with Gasteiger partial charge < -0.3 is 14.0 Å². The Bertz CT molecular complexity index is 1020. The van der Waals surface area contributed by atoms with E-state index in [1.54, 1.807) is 13.1 Å². The van der Waals surface area contributed by atoms with Crippen molar-refractivity contribution in [2.75, 3.05) is 11.6 Å². The van der Waals surface area contributed by atoms with Crippen LogP contribution in [0.1, 0.15) is 43.7 Å². The lowest BCUT2D eigenvalue weighted by atomic mass is 9.95. The van der Waals surface area contributed by atoms with Gasteiger partial charge in [-0.25, -0.2) is 5.01 Å². The maximum atomic E-state index is 15.0. The standard InChI is InChI=1S/C27H35FN2O3Si/c1-19-24(33-25(16-17-31)27(19)34(2,3)28)14-12-20-8-7-11-22(18-20)30-26(32)15-13-23(29-30)21-9-5-4-6-10-21/h4-11,18-19,24-25,27,31H,12-17H2,1-3H3/t19-,24+,25-,27+/m1/s1. The first-order valence-electron chi connectivity index (χ1n) is 12.3. The van der Waals surface area contributed by atoms with Crippen LogP contribution in [0.25, 0.3) is 0 Å². The molecule has 0 unspecified atom stereocenters. The summed E-state index contributed by atoms with van der Waals surface area (Å²) in [5.74, 6) is 0.113. The Labute approximate surface area is 202 Å². The van der Waals surface area contributed by atoms with Crippen molar-refractivity contribution in [2.24, 2.45) is 11.0 Å². The van der Waals surface area contributed by atoms with Crippen molar-refractivity contribution in [3.8, 4) is 0 Å². The van der Waals surface area contributed by atoms with Gasteiger partial charge in [-0.05, 0) is 61.5 Å². The Kier molecular flexibility index (Phi) is 7.65. The average molecular weight is 483 g/mol. The van der Waals surface area contributed by atoms with Crippen molar-refractivity contribution in [1.82, 2.24) is 0 Å². The largest absolute Gasteiger partial charge is 0.396 e. The van der Waals surface area contributed by atoms with Gasteiger partial charge in [0.15, 0.2) is 0 Å². The normalized spacial score (nSPS) is 25.5. The Hall–Kier alpha value is -2.35. The Morgan fingerprint density at radius 1 is 1.09 bits per heavy atom. The number of hydrogen-bond acceptors (Lipinski definition) is 4. The number of hydrogen-bond donors (Lipinski definition) is 1. The second kappa shape index (κ2) is 10.5. The molecule has 4 atom stereocenters. The zero-order valence-corrected chi connectivity index (χ0v) is 21.3. The molecular formula is C27H35FN2O3Si. The summed E-state index contributed by atoms with van der Waals surface area (Å²) in [6, 6.07) is 17.9. The van der Waals surface area contributed by atoms with E-state index in [1.807, 2.05) is 48.5 Å². The fourth-order valence-corrected chi connectivity index (χ4v) is 8.11. The average Bonchev–Trinajstić information content (AvgIpc) is 3.14. The van der Waals surface area contributed by atoms with Gasteiger partial charge in [0.2, 0.25) is 14.3 Å². The van der Waals surface area contributed by atoms with Gasteiger partial charge in [0, 0.05) is 25.0 Å². The van der Waals surface area contributed by atoms with E-state index in [4.69, 9.17) is 4.74 Å². The highest BCUT2D eigenvalue weighted by Gasteiger charge is 2.50. The molecule has 34 heavy (non-hydrogen) atoms. The van der Waals surface area contributed by atoms with Crippen LogP contribution in [0.4, 0.5) is 9.80 Å². The fraction of sp³-hybridized carbons (Fsp3) is 0.481. The molecule has 2 aliphatic heterocycles. The van der Waals surface area contributed by atoms with Gasteiger partial charge in [-0.2, -0.15) is 5.10 Å². The van der Waals surface area contributed by atoms with Crippen LogP contribution >= 0.6 is 0 Å². The second-order valence-corrected chi connectivity index (χ2v) is 13.8. The Morgan fingerprint density at radius 3 is 2.56 bits per heavy atom. The third-order valence-corrected chi connectivity index (χ3v) is 9.60. The number of aliphatic hydroxyl groups is 1. The minimum absolute atomic E-state index is 0.00518. The number of aryl methyl sites for hydroxylation is 1. The molecule has 4 rings (SSSR count). The van der Waals surface area contributed by atoms with Gasteiger partial charge >= 0.3 is 0 Å². The van der Waals surface area contributed by atoms with Gasteiger partial charge in [-0.3, -0.25) is 4.79 Å². The quantitative estimate of drug-likeness (QED) is 0.400. The number of benzene rings is 2. The lowest BCUT2D eigenvalue weighted by Crippen LogP contribution is -2.36. The minimum atomic E-state index is -2.91. The monoisotopic (exact) mass is 482 g/mol. The molecule has 2 heterocycles. The summed E-state index contributed by atoms with van der Waals surface area (Å²) in [6.45, 7) is 5.59. The molecule has 2 aliphatic rings. The van der Waals surface area contributed by atoms with Crippen LogP contribution in [0, 0.1) is 5.92 Å². The molecule has 1 fully saturated rings. The van der Waals surface area contributed by atoms with Crippen molar-refractivity contribution in [1.29, 1.82) is 0 Å². The minimum Gasteiger partial charge on any atom is -0.396 e. The first-order chi connectivity index (χ1) is 16.3. The highest BCUT2D eigenvalue weighted by atomic mass is 28.4.